The van der Waals surface area contributed by atoms with Crippen LogP contribution in [0, 0.1) is 0 Å². The lowest BCUT2D eigenvalue weighted by molar-refractivity contribution is -0.140. The molecule has 188 valence electrons. The highest BCUT2D eigenvalue weighted by molar-refractivity contribution is 7.89. The second-order valence-corrected chi connectivity index (χ2v) is 11.1. The van der Waals surface area contributed by atoms with Crippen LogP contribution in [0.5, 0.6) is 0 Å². The number of amides is 4. The number of carbonyl (C=O) groups is 3. The molecule has 0 unspecified atom stereocenters. The van der Waals surface area contributed by atoms with Gasteiger partial charge in [-0.25, -0.2) is 18.5 Å². The number of anilines is 2. The molecule has 1 fully saturated rings. The van der Waals surface area contributed by atoms with Crippen molar-refractivity contribution < 1.29 is 22.8 Å². The lowest BCUT2D eigenvalue weighted by Crippen LogP contribution is -2.31. The molecular weight excluding hydrogens is 508 g/mol. The minimum atomic E-state index is -4.24. The van der Waals surface area contributed by atoms with Crippen LogP contribution in [0.4, 0.5) is 16.3 Å². The summed E-state index contributed by atoms with van der Waals surface area (Å²) in [6.45, 7) is 5.57. The predicted octanol–water partition coefficient (Wildman–Crippen LogP) is 3.17. The fourth-order valence-electron chi connectivity index (χ4n) is 3.39. The first-order valence-electron chi connectivity index (χ1n) is 10.8. The van der Waals surface area contributed by atoms with Crippen molar-refractivity contribution in [3.8, 4) is 5.69 Å². The normalized spacial score (nSPS) is 15.1. The predicted molar refractivity (Wildman–Crippen MR) is 134 cm³/mol. The van der Waals surface area contributed by atoms with Gasteiger partial charge >= 0.3 is 28.1 Å². The van der Waals surface area contributed by atoms with Gasteiger partial charge in [0.25, 0.3) is 0 Å². The maximum atomic E-state index is 12.7. The van der Waals surface area contributed by atoms with Crippen molar-refractivity contribution in [2.75, 3.05) is 10.6 Å². The number of urea groups is 1. The van der Waals surface area contributed by atoms with Crippen LogP contribution in [0.25, 0.3) is 5.69 Å². The molecule has 11 nitrogen and oxygen atoms in total. The first kappa shape index (κ1) is 25.2. The molecule has 4 rings (SSSR count). The fraction of sp³-hybridized carbons (Fsp3) is 0.217. The van der Waals surface area contributed by atoms with Crippen LogP contribution in [0.3, 0.4) is 0 Å². The average molecular weight is 531 g/mol. The summed E-state index contributed by atoms with van der Waals surface area (Å²) in [7, 11) is -4.24. The Morgan fingerprint density at radius 3 is 2.36 bits per heavy atom. The van der Waals surface area contributed by atoms with Gasteiger partial charge in [-0.15, -0.1) is 0 Å². The smallest absolute Gasteiger partial charge is 0.308 e. The summed E-state index contributed by atoms with van der Waals surface area (Å²) >= 11 is 5.89. The highest BCUT2D eigenvalue weighted by Gasteiger charge is 2.41. The van der Waals surface area contributed by atoms with E-state index in [-0.39, 0.29) is 12.0 Å². The topological polar surface area (TPSA) is 142 Å². The summed E-state index contributed by atoms with van der Waals surface area (Å²) in [6.07, 6.45) is 0. The number of nitrogens with zero attached hydrogens (tertiary/aromatic N) is 3. The van der Waals surface area contributed by atoms with Gasteiger partial charge in [0.2, 0.25) is 0 Å². The van der Waals surface area contributed by atoms with Crippen molar-refractivity contribution >= 4 is 51.2 Å². The van der Waals surface area contributed by atoms with E-state index in [1.165, 1.54) is 4.68 Å². The Kier molecular flexibility index (Phi) is 6.50. The number of hydrogen-bond acceptors (Lipinski definition) is 6. The van der Waals surface area contributed by atoms with Gasteiger partial charge in [0.1, 0.15) is 5.82 Å². The minimum absolute atomic E-state index is 0.339. The third-order valence-electron chi connectivity index (χ3n) is 5.24. The highest BCUT2D eigenvalue weighted by atomic mass is 35.5. The van der Waals surface area contributed by atoms with Crippen molar-refractivity contribution in [2.45, 2.75) is 32.7 Å². The summed E-state index contributed by atoms with van der Waals surface area (Å²) < 4.78 is 27.8. The van der Waals surface area contributed by atoms with E-state index in [2.05, 4.69) is 15.7 Å². The van der Waals surface area contributed by atoms with E-state index in [1.54, 1.807) is 59.3 Å². The van der Waals surface area contributed by atoms with Crippen molar-refractivity contribution in [2.24, 2.45) is 0 Å². The van der Waals surface area contributed by atoms with E-state index in [9.17, 15) is 22.8 Å². The van der Waals surface area contributed by atoms with E-state index < -0.39 is 28.1 Å². The van der Waals surface area contributed by atoms with Crippen LogP contribution < -0.4 is 15.4 Å². The van der Waals surface area contributed by atoms with Gasteiger partial charge in [-0.1, -0.05) is 44.5 Å². The molecule has 1 saturated heterocycles. The van der Waals surface area contributed by atoms with E-state index >= 15 is 0 Å². The standard InChI is InChI=1S/C23H23ClN6O5S/c1-23(2,3)18-12-19(26-22(33)25-16-9-7-15(24)8-10-16)30(27-18)17-6-4-5-14(11-17)13-29-21(32)20(31)28-36(29,34)35/h4-12H,13H2,1-3H3,(H,28,31)(H2,25,26,33). The van der Waals surface area contributed by atoms with Gasteiger partial charge in [-0.2, -0.15) is 13.5 Å². The monoisotopic (exact) mass is 530 g/mol. The number of aromatic nitrogens is 2. The van der Waals surface area contributed by atoms with Crippen LogP contribution in [0.2, 0.25) is 5.02 Å². The maximum Gasteiger partial charge on any atom is 0.329 e. The molecule has 3 aromatic rings. The number of carbonyl (C=O) groups excluding carboxylic acids is 3. The van der Waals surface area contributed by atoms with Crippen LogP contribution in [0.15, 0.2) is 54.6 Å². The molecule has 3 N–H and O–H groups in total. The van der Waals surface area contributed by atoms with Crippen molar-refractivity contribution in [1.82, 2.24) is 18.8 Å². The SMILES string of the molecule is CC(C)(C)c1cc(NC(=O)Nc2ccc(Cl)cc2)n(-c2cccc(CN3C(=O)C(=O)NS3(=O)=O)c2)n1. The third-order valence-corrected chi connectivity index (χ3v) is 6.81. The Balaban J connectivity index is 1.64. The molecule has 0 saturated carbocycles. The van der Waals surface area contributed by atoms with Crippen LogP contribution in [0.1, 0.15) is 32.0 Å². The van der Waals surface area contributed by atoms with Crippen LogP contribution >= 0.6 is 11.6 Å². The lowest BCUT2D eigenvalue weighted by atomic mass is 9.92. The van der Waals surface area contributed by atoms with Crippen molar-refractivity contribution in [3.05, 3.63) is 70.9 Å². The van der Waals surface area contributed by atoms with Gasteiger partial charge in [0.15, 0.2) is 0 Å². The molecule has 36 heavy (non-hydrogen) atoms. The first-order valence-corrected chi connectivity index (χ1v) is 12.6. The molecule has 4 amide bonds. The van der Waals surface area contributed by atoms with Gasteiger partial charge in [-0.05, 0) is 42.0 Å². The van der Waals surface area contributed by atoms with Crippen LogP contribution in [-0.2, 0) is 31.8 Å². The molecule has 13 heteroatoms. The molecule has 1 aromatic heterocycles. The molecule has 0 radical (unpaired) electrons. The second kappa shape index (κ2) is 9.28. The largest absolute Gasteiger partial charge is 0.329 e. The number of nitrogens with one attached hydrogen (secondary N) is 3. The minimum Gasteiger partial charge on any atom is -0.308 e. The number of benzene rings is 2. The van der Waals surface area contributed by atoms with Gasteiger partial charge in [-0.3, -0.25) is 14.9 Å². The third kappa shape index (κ3) is 5.34. The summed E-state index contributed by atoms with van der Waals surface area (Å²) in [5.74, 6) is -1.99. The Morgan fingerprint density at radius 2 is 1.75 bits per heavy atom. The van der Waals surface area contributed by atoms with E-state index in [1.807, 2.05) is 20.8 Å². The number of rotatable bonds is 5. The molecular formula is C23H23ClN6O5S. The Morgan fingerprint density at radius 1 is 1.06 bits per heavy atom. The molecule has 0 bridgehead atoms. The quantitative estimate of drug-likeness (QED) is 0.432. The van der Waals surface area contributed by atoms with Gasteiger partial charge in [0, 0.05) is 22.2 Å². The number of halogens is 1. The van der Waals surface area contributed by atoms with Gasteiger partial charge in [0.05, 0.1) is 17.9 Å². The molecule has 1 aliphatic heterocycles. The van der Waals surface area contributed by atoms with Crippen LogP contribution in [-0.4, -0.2) is 40.3 Å². The number of hydrogen-bond donors (Lipinski definition) is 3. The summed E-state index contributed by atoms with van der Waals surface area (Å²) in [4.78, 5) is 36.2. The zero-order valence-electron chi connectivity index (χ0n) is 19.6. The second-order valence-electron chi connectivity index (χ2n) is 9.08. The average Bonchev–Trinajstić information content (AvgIpc) is 3.30. The Hall–Kier alpha value is -3.90. The van der Waals surface area contributed by atoms with Gasteiger partial charge < -0.3 is 5.32 Å². The summed E-state index contributed by atoms with van der Waals surface area (Å²) in [5, 5.41) is 10.7. The zero-order chi connectivity index (χ0) is 26.3. The summed E-state index contributed by atoms with van der Waals surface area (Å²) in [6, 6.07) is 14.5. The fourth-order valence-corrected chi connectivity index (χ4v) is 4.57. The molecule has 2 heterocycles. The Labute approximate surface area is 212 Å². The molecule has 1 aliphatic rings. The molecule has 0 spiro atoms. The zero-order valence-corrected chi connectivity index (χ0v) is 21.1. The molecule has 2 aromatic carbocycles. The molecule has 0 aliphatic carbocycles. The Bertz CT molecular complexity index is 1460. The molecule has 0 atom stereocenters. The lowest BCUT2D eigenvalue weighted by Gasteiger charge is -2.15. The summed E-state index contributed by atoms with van der Waals surface area (Å²) in [5.41, 5.74) is 1.84. The van der Waals surface area contributed by atoms with E-state index in [0.717, 1.165) is 0 Å². The van der Waals surface area contributed by atoms with E-state index in [4.69, 9.17) is 11.6 Å². The van der Waals surface area contributed by atoms with E-state index in [0.29, 0.717) is 37.8 Å². The van der Waals surface area contributed by atoms with Crippen molar-refractivity contribution in [1.29, 1.82) is 0 Å². The maximum absolute atomic E-state index is 12.7. The van der Waals surface area contributed by atoms with Crippen molar-refractivity contribution in [3.63, 3.8) is 0 Å². The first-order chi connectivity index (χ1) is 16.8. The highest BCUT2D eigenvalue weighted by Crippen LogP contribution is 2.27.